The van der Waals surface area contributed by atoms with Crippen LogP contribution in [0.1, 0.15) is 24.6 Å². The van der Waals surface area contributed by atoms with Crippen molar-refractivity contribution in [2.75, 3.05) is 27.3 Å². The number of nitrogens with zero attached hydrogens (tertiary/aromatic N) is 4. The lowest BCUT2D eigenvalue weighted by atomic mass is 10.1. The molecule has 2 aromatic carbocycles. The fourth-order valence-electron chi connectivity index (χ4n) is 4.59. The zero-order valence-electron chi connectivity index (χ0n) is 19.9. The number of hydrogen-bond donors (Lipinski definition) is 0. The molecular formula is C26H27ClN4O3S. The van der Waals surface area contributed by atoms with Gasteiger partial charge >= 0.3 is 0 Å². The molecule has 0 saturated carbocycles. The summed E-state index contributed by atoms with van der Waals surface area (Å²) in [5.41, 5.74) is 3.54. The van der Waals surface area contributed by atoms with Crippen molar-refractivity contribution in [3.63, 3.8) is 0 Å². The van der Waals surface area contributed by atoms with Crippen LogP contribution in [-0.2, 0) is 11.0 Å². The lowest BCUT2D eigenvalue weighted by Gasteiger charge is -2.32. The van der Waals surface area contributed by atoms with Crippen molar-refractivity contribution in [1.82, 2.24) is 18.8 Å². The number of halogens is 1. The van der Waals surface area contributed by atoms with Crippen LogP contribution in [0.5, 0.6) is 11.5 Å². The van der Waals surface area contributed by atoms with E-state index < -0.39 is 11.0 Å². The Hall–Kier alpha value is -2.94. The maximum absolute atomic E-state index is 13.3. The quantitative estimate of drug-likeness (QED) is 0.345. The maximum atomic E-state index is 13.3. The van der Waals surface area contributed by atoms with Gasteiger partial charge in [-0.3, -0.25) is 0 Å². The summed E-state index contributed by atoms with van der Waals surface area (Å²) in [5.74, 6) is 2.01. The number of fused-ring (bicyclic) bond motifs is 1. The molecule has 0 aliphatic carbocycles. The Morgan fingerprint density at radius 1 is 0.971 bits per heavy atom. The smallest absolute Gasteiger partial charge is 0.161 e. The molecule has 1 atom stereocenters. The van der Waals surface area contributed by atoms with Gasteiger partial charge < -0.3 is 14.0 Å². The minimum absolute atomic E-state index is 0.166. The van der Waals surface area contributed by atoms with Crippen LogP contribution in [0.15, 0.2) is 59.5 Å². The number of pyridine rings is 1. The van der Waals surface area contributed by atoms with Crippen molar-refractivity contribution in [3.05, 3.63) is 65.3 Å². The first kappa shape index (κ1) is 23.8. The molecule has 1 unspecified atom stereocenters. The molecule has 2 aromatic heterocycles. The molecule has 35 heavy (non-hydrogen) atoms. The number of ether oxygens (including phenoxy) is 2. The highest BCUT2D eigenvalue weighted by Gasteiger charge is 2.29. The van der Waals surface area contributed by atoms with E-state index in [1.54, 1.807) is 26.4 Å². The van der Waals surface area contributed by atoms with E-state index >= 15 is 0 Å². The van der Waals surface area contributed by atoms with Gasteiger partial charge in [0.25, 0.3) is 0 Å². The second-order valence-electron chi connectivity index (χ2n) is 8.51. The summed E-state index contributed by atoms with van der Waals surface area (Å²) in [5, 5.41) is 0.660. The van der Waals surface area contributed by atoms with Crippen molar-refractivity contribution in [2.24, 2.45) is 0 Å². The summed E-state index contributed by atoms with van der Waals surface area (Å²) in [6, 6.07) is 17.3. The third-order valence-corrected chi connectivity index (χ3v) is 8.19. The number of aryl methyl sites for hydroxylation is 1. The van der Waals surface area contributed by atoms with Crippen molar-refractivity contribution in [1.29, 1.82) is 0 Å². The van der Waals surface area contributed by atoms with E-state index in [-0.39, 0.29) is 6.04 Å². The Kier molecular flexibility index (Phi) is 6.77. The highest BCUT2D eigenvalue weighted by Crippen LogP contribution is 2.36. The molecule has 5 rings (SSSR count). The lowest BCUT2D eigenvalue weighted by Crippen LogP contribution is -2.36. The molecule has 1 aliphatic rings. The average molecular weight is 511 g/mol. The van der Waals surface area contributed by atoms with Gasteiger partial charge in [0.05, 0.1) is 24.1 Å². The Morgan fingerprint density at radius 3 is 2.43 bits per heavy atom. The van der Waals surface area contributed by atoms with Gasteiger partial charge in [0.1, 0.15) is 22.3 Å². The SMILES string of the molecule is COc1ccc(S(=O)N2CCC(n3c(-c4ccccc4Cl)nc4ccc(C)nc43)CC2)cc1OC. The third-order valence-electron chi connectivity index (χ3n) is 6.37. The van der Waals surface area contributed by atoms with E-state index in [0.29, 0.717) is 34.5 Å². The Bertz CT molecular complexity index is 1400. The zero-order valence-corrected chi connectivity index (χ0v) is 21.5. The fourth-order valence-corrected chi connectivity index (χ4v) is 6.04. The second kappa shape index (κ2) is 9.97. The van der Waals surface area contributed by atoms with Gasteiger partial charge in [0.15, 0.2) is 17.1 Å². The van der Waals surface area contributed by atoms with Gasteiger partial charge in [-0.15, -0.1) is 0 Å². The van der Waals surface area contributed by atoms with E-state index in [1.165, 1.54) is 0 Å². The predicted octanol–water partition coefficient (Wildman–Crippen LogP) is 5.44. The Labute approximate surface area is 212 Å². The van der Waals surface area contributed by atoms with Crippen molar-refractivity contribution in [2.45, 2.75) is 30.7 Å². The first-order chi connectivity index (χ1) is 17.0. The molecule has 0 N–H and O–H groups in total. The standard InChI is InChI=1S/C26H27ClN4O3S/c1-17-8-10-22-26(28-17)31(25(29-22)20-6-4-5-7-21(20)27)18-12-14-30(15-13-18)35(32)19-9-11-23(33-2)24(16-19)34-3/h4-11,16,18H,12-15H2,1-3H3. The van der Waals surface area contributed by atoms with Gasteiger partial charge in [0, 0.05) is 36.5 Å². The molecule has 182 valence electrons. The number of aromatic nitrogens is 3. The Morgan fingerprint density at radius 2 is 1.71 bits per heavy atom. The van der Waals surface area contributed by atoms with Crippen LogP contribution in [0, 0.1) is 6.92 Å². The number of imidazole rings is 1. The topological polar surface area (TPSA) is 69.5 Å². The molecule has 7 nitrogen and oxygen atoms in total. The number of rotatable bonds is 6. The summed E-state index contributed by atoms with van der Waals surface area (Å²) < 4.78 is 28.3. The van der Waals surface area contributed by atoms with Crippen LogP contribution >= 0.6 is 11.6 Å². The zero-order chi connectivity index (χ0) is 24.5. The minimum Gasteiger partial charge on any atom is -0.493 e. The molecular weight excluding hydrogens is 484 g/mol. The van der Waals surface area contributed by atoms with E-state index in [2.05, 4.69) is 4.57 Å². The normalized spacial score (nSPS) is 15.9. The molecule has 9 heteroatoms. The maximum Gasteiger partial charge on any atom is 0.161 e. The van der Waals surface area contributed by atoms with E-state index in [4.69, 9.17) is 31.0 Å². The van der Waals surface area contributed by atoms with Gasteiger partial charge in [-0.05, 0) is 56.2 Å². The predicted molar refractivity (Wildman–Crippen MR) is 139 cm³/mol. The van der Waals surface area contributed by atoms with Crippen molar-refractivity contribution in [3.8, 4) is 22.9 Å². The number of benzene rings is 2. The van der Waals surface area contributed by atoms with Gasteiger partial charge in [0.2, 0.25) is 0 Å². The Balaban J connectivity index is 1.43. The summed E-state index contributed by atoms with van der Waals surface area (Å²) in [7, 11) is 1.88. The minimum atomic E-state index is -1.29. The summed E-state index contributed by atoms with van der Waals surface area (Å²) >= 11 is 6.57. The number of piperidine rings is 1. The molecule has 0 bridgehead atoms. The van der Waals surface area contributed by atoms with Crippen LogP contribution in [0.4, 0.5) is 0 Å². The van der Waals surface area contributed by atoms with E-state index in [0.717, 1.165) is 41.1 Å². The van der Waals surface area contributed by atoms with Crippen LogP contribution < -0.4 is 9.47 Å². The molecule has 1 saturated heterocycles. The van der Waals surface area contributed by atoms with Crippen LogP contribution in [0.2, 0.25) is 5.02 Å². The summed E-state index contributed by atoms with van der Waals surface area (Å²) in [4.78, 5) is 10.4. The van der Waals surface area contributed by atoms with Gasteiger partial charge in [-0.1, -0.05) is 23.7 Å². The fraction of sp³-hybridized carbons (Fsp3) is 0.308. The van der Waals surface area contributed by atoms with Gasteiger partial charge in [-0.2, -0.15) is 0 Å². The monoisotopic (exact) mass is 510 g/mol. The first-order valence-electron chi connectivity index (χ1n) is 11.5. The third kappa shape index (κ3) is 4.53. The summed E-state index contributed by atoms with van der Waals surface area (Å²) in [6.07, 6.45) is 1.63. The van der Waals surface area contributed by atoms with Crippen molar-refractivity contribution < 1.29 is 13.7 Å². The average Bonchev–Trinajstić information content (AvgIpc) is 3.26. The van der Waals surface area contributed by atoms with Crippen LogP contribution in [0.3, 0.4) is 0 Å². The van der Waals surface area contributed by atoms with Crippen molar-refractivity contribution >= 4 is 33.8 Å². The molecule has 1 fully saturated rings. The molecule has 0 amide bonds. The molecule has 1 aliphatic heterocycles. The largest absolute Gasteiger partial charge is 0.493 e. The molecule has 3 heterocycles. The highest BCUT2D eigenvalue weighted by atomic mass is 35.5. The van der Waals surface area contributed by atoms with E-state index in [1.807, 2.05) is 53.7 Å². The second-order valence-corrected chi connectivity index (χ2v) is 10.4. The number of hydrogen-bond acceptors (Lipinski definition) is 5. The van der Waals surface area contributed by atoms with Crippen LogP contribution in [0.25, 0.3) is 22.6 Å². The molecule has 0 spiro atoms. The van der Waals surface area contributed by atoms with Gasteiger partial charge in [-0.25, -0.2) is 18.5 Å². The summed E-state index contributed by atoms with van der Waals surface area (Å²) in [6.45, 7) is 3.35. The first-order valence-corrected chi connectivity index (χ1v) is 13.0. The van der Waals surface area contributed by atoms with E-state index in [9.17, 15) is 4.21 Å². The lowest BCUT2D eigenvalue weighted by molar-refractivity contribution is 0.287. The highest BCUT2D eigenvalue weighted by molar-refractivity contribution is 7.82. The number of methoxy groups -OCH3 is 2. The molecule has 0 radical (unpaired) electrons. The van der Waals surface area contributed by atoms with Crippen LogP contribution in [-0.4, -0.2) is 50.4 Å². The molecule has 4 aromatic rings.